The van der Waals surface area contributed by atoms with E-state index in [2.05, 4.69) is 10.2 Å². The zero-order chi connectivity index (χ0) is 14.8. The van der Waals surface area contributed by atoms with Gasteiger partial charge in [-0.25, -0.2) is 0 Å². The van der Waals surface area contributed by atoms with Gasteiger partial charge in [-0.2, -0.15) is 0 Å². The molecule has 0 aliphatic carbocycles. The van der Waals surface area contributed by atoms with Crippen molar-refractivity contribution < 1.29 is 14.6 Å². The third-order valence-electron chi connectivity index (χ3n) is 3.31. The van der Waals surface area contributed by atoms with Crippen LogP contribution in [0.1, 0.15) is 20.3 Å². The highest BCUT2D eigenvalue weighted by molar-refractivity contribution is 5.87. The lowest BCUT2D eigenvalue weighted by Gasteiger charge is -2.28. The molecule has 114 valence electrons. The van der Waals surface area contributed by atoms with E-state index in [9.17, 15) is 9.90 Å². The Bertz CT molecular complexity index is 347. The molecule has 0 aromatic rings. The van der Waals surface area contributed by atoms with Gasteiger partial charge in [-0.1, -0.05) is 24.6 Å². The van der Waals surface area contributed by atoms with Crippen LogP contribution in [0.5, 0.6) is 0 Å². The summed E-state index contributed by atoms with van der Waals surface area (Å²) in [5, 5.41) is 12.6. The summed E-state index contributed by atoms with van der Waals surface area (Å²) in [5.41, 5.74) is 1.12. The molecular weight excluding hydrogens is 256 g/mol. The van der Waals surface area contributed by atoms with Crippen LogP contribution in [0.4, 0.5) is 0 Å². The SMILES string of the molecule is CC=C(C=CC(=O)NCC(O)CN1CCOCC1)CC. The molecule has 1 heterocycles. The number of aliphatic hydroxyl groups excluding tert-OH is 1. The number of carbonyl (C=O) groups excluding carboxylic acids is 1. The van der Waals surface area contributed by atoms with Gasteiger partial charge in [0.1, 0.15) is 0 Å². The summed E-state index contributed by atoms with van der Waals surface area (Å²) in [5.74, 6) is -0.168. The zero-order valence-corrected chi connectivity index (χ0v) is 12.5. The average Bonchev–Trinajstić information content (AvgIpc) is 2.47. The molecule has 1 rings (SSSR count). The van der Waals surface area contributed by atoms with E-state index in [1.807, 2.05) is 26.0 Å². The molecule has 5 heteroatoms. The van der Waals surface area contributed by atoms with Crippen molar-refractivity contribution in [2.75, 3.05) is 39.4 Å². The van der Waals surface area contributed by atoms with Crippen molar-refractivity contribution in [2.45, 2.75) is 26.4 Å². The van der Waals surface area contributed by atoms with Crippen LogP contribution in [0.3, 0.4) is 0 Å². The van der Waals surface area contributed by atoms with E-state index in [0.717, 1.165) is 25.1 Å². The lowest BCUT2D eigenvalue weighted by Crippen LogP contribution is -2.44. The molecule has 1 unspecified atom stereocenters. The molecule has 0 bridgehead atoms. The van der Waals surface area contributed by atoms with E-state index in [-0.39, 0.29) is 12.5 Å². The quantitative estimate of drug-likeness (QED) is 0.533. The van der Waals surface area contributed by atoms with Crippen molar-refractivity contribution in [3.8, 4) is 0 Å². The number of morpholine rings is 1. The van der Waals surface area contributed by atoms with E-state index in [1.54, 1.807) is 0 Å². The van der Waals surface area contributed by atoms with Crippen molar-refractivity contribution in [2.24, 2.45) is 0 Å². The fraction of sp³-hybridized carbons (Fsp3) is 0.667. The molecule has 1 aliphatic rings. The minimum Gasteiger partial charge on any atom is -0.390 e. The van der Waals surface area contributed by atoms with E-state index >= 15 is 0 Å². The lowest BCUT2D eigenvalue weighted by atomic mass is 10.2. The first-order valence-corrected chi connectivity index (χ1v) is 7.25. The average molecular weight is 282 g/mol. The number of hydrogen-bond donors (Lipinski definition) is 2. The highest BCUT2D eigenvalue weighted by Crippen LogP contribution is 2.01. The predicted molar refractivity (Wildman–Crippen MR) is 79.5 cm³/mol. The standard InChI is InChI=1S/C15H26N2O3/c1-3-13(4-2)5-6-15(19)16-11-14(18)12-17-7-9-20-10-8-17/h3,5-6,14,18H,4,7-12H2,1-2H3,(H,16,19). The Morgan fingerprint density at radius 1 is 1.40 bits per heavy atom. The summed E-state index contributed by atoms with van der Waals surface area (Å²) in [6.07, 6.45) is 5.67. The first-order chi connectivity index (χ1) is 9.65. The van der Waals surface area contributed by atoms with Gasteiger partial charge >= 0.3 is 0 Å². The second-order valence-electron chi connectivity index (χ2n) is 4.86. The summed E-state index contributed by atoms with van der Waals surface area (Å²) in [6, 6.07) is 0. The number of β-amino-alcohol motifs (C(OH)–C–C–N with tert-alkyl or cyclic N) is 1. The molecule has 5 nitrogen and oxygen atoms in total. The van der Waals surface area contributed by atoms with Gasteiger partial charge in [0.15, 0.2) is 0 Å². The summed E-state index contributed by atoms with van der Waals surface area (Å²) in [7, 11) is 0. The second-order valence-corrected chi connectivity index (χ2v) is 4.86. The smallest absolute Gasteiger partial charge is 0.244 e. The van der Waals surface area contributed by atoms with E-state index < -0.39 is 6.10 Å². The maximum absolute atomic E-state index is 11.6. The van der Waals surface area contributed by atoms with Crippen LogP contribution in [0.2, 0.25) is 0 Å². The number of nitrogens with one attached hydrogen (secondary N) is 1. The van der Waals surface area contributed by atoms with Crippen molar-refractivity contribution in [3.05, 3.63) is 23.8 Å². The van der Waals surface area contributed by atoms with E-state index in [4.69, 9.17) is 4.74 Å². The molecule has 20 heavy (non-hydrogen) atoms. The van der Waals surface area contributed by atoms with Crippen molar-refractivity contribution >= 4 is 5.91 Å². The van der Waals surface area contributed by atoms with Crippen LogP contribution in [-0.4, -0.2) is 61.4 Å². The van der Waals surface area contributed by atoms with Gasteiger partial charge in [0.05, 0.1) is 19.3 Å². The van der Waals surface area contributed by atoms with Crippen molar-refractivity contribution in [3.63, 3.8) is 0 Å². The number of aliphatic hydroxyl groups is 1. The molecule has 1 atom stereocenters. The van der Waals surface area contributed by atoms with Crippen molar-refractivity contribution in [1.82, 2.24) is 10.2 Å². The molecule has 0 spiro atoms. The van der Waals surface area contributed by atoms with Crippen LogP contribution in [0.15, 0.2) is 23.8 Å². The number of allylic oxidation sites excluding steroid dienone is 3. The molecule has 2 N–H and O–H groups in total. The van der Waals surface area contributed by atoms with Gasteiger partial charge < -0.3 is 15.2 Å². The Morgan fingerprint density at radius 3 is 2.70 bits per heavy atom. The Morgan fingerprint density at radius 2 is 2.10 bits per heavy atom. The minimum absolute atomic E-state index is 0.168. The van der Waals surface area contributed by atoms with Crippen LogP contribution in [0, 0.1) is 0 Å². The largest absolute Gasteiger partial charge is 0.390 e. The van der Waals surface area contributed by atoms with Crippen LogP contribution < -0.4 is 5.32 Å². The topological polar surface area (TPSA) is 61.8 Å². The third kappa shape index (κ3) is 6.84. The minimum atomic E-state index is -0.544. The molecule has 0 saturated carbocycles. The number of carbonyl (C=O) groups is 1. The van der Waals surface area contributed by atoms with Gasteiger partial charge in [0.25, 0.3) is 0 Å². The van der Waals surface area contributed by atoms with Crippen LogP contribution in [0.25, 0.3) is 0 Å². The van der Waals surface area contributed by atoms with Crippen molar-refractivity contribution in [1.29, 1.82) is 0 Å². The number of ether oxygens (including phenoxy) is 1. The van der Waals surface area contributed by atoms with Gasteiger partial charge in [0.2, 0.25) is 5.91 Å². The molecular formula is C15H26N2O3. The molecule has 1 fully saturated rings. The summed E-state index contributed by atoms with van der Waals surface area (Å²) < 4.78 is 5.25. The number of hydrogen-bond acceptors (Lipinski definition) is 4. The maximum Gasteiger partial charge on any atom is 0.244 e. The number of amides is 1. The first kappa shape index (κ1) is 16.9. The molecule has 0 aromatic heterocycles. The zero-order valence-electron chi connectivity index (χ0n) is 12.5. The van der Waals surface area contributed by atoms with Gasteiger partial charge in [-0.05, 0) is 13.3 Å². The Balaban J connectivity index is 2.22. The van der Waals surface area contributed by atoms with Crippen LogP contribution in [-0.2, 0) is 9.53 Å². The Labute approximate surface area is 121 Å². The van der Waals surface area contributed by atoms with E-state index in [0.29, 0.717) is 19.8 Å². The fourth-order valence-electron chi connectivity index (χ4n) is 2.02. The third-order valence-corrected chi connectivity index (χ3v) is 3.31. The molecule has 0 aromatic carbocycles. The molecule has 1 aliphatic heterocycles. The number of nitrogens with zero attached hydrogens (tertiary/aromatic N) is 1. The highest BCUT2D eigenvalue weighted by Gasteiger charge is 2.14. The fourth-order valence-corrected chi connectivity index (χ4v) is 2.02. The lowest BCUT2D eigenvalue weighted by molar-refractivity contribution is -0.117. The highest BCUT2D eigenvalue weighted by atomic mass is 16.5. The summed E-state index contributed by atoms with van der Waals surface area (Å²) >= 11 is 0. The van der Waals surface area contributed by atoms with Gasteiger partial charge in [-0.3, -0.25) is 9.69 Å². The first-order valence-electron chi connectivity index (χ1n) is 7.25. The second kappa shape index (κ2) is 9.69. The maximum atomic E-state index is 11.6. The Kier molecular flexibility index (Phi) is 8.18. The molecule has 1 saturated heterocycles. The monoisotopic (exact) mass is 282 g/mol. The Hall–Kier alpha value is -1.17. The summed E-state index contributed by atoms with van der Waals surface area (Å²) in [6.45, 7) is 7.95. The predicted octanol–water partition coefficient (Wildman–Crippen LogP) is 0.708. The normalized spacial score (nSPS) is 19.2. The molecule has 1 amide bonds. The number of rotatable bonds is 7. The van der Waals surface area contributed by atoms with E-state index in [1.165, 1.54) is 6.08 Å². The van der Waals surface area contributed by atoms with Gasteiger partial charge in [-0.15, -0.1) is 0 Å². The molecule has 0 radical (unpaired) electrons. The summed E-state index contributed by atoms with van der Waals surface area (Å²) in [4.78, 5) is 13.8. The van der Waals surface area contributed by atoms with Crippen LogP contribution >= 0.6 is 0 Å². The van der Waals surface area contributed by atoms with Gasteiger partial charge in [0, 0.05) is 32.3 Å².